The largest absolute Gasteiger partial charge is 0.461 e. The number of hydrogen-bond acceptors (Lipinski definition) is 13. The van der Waals surface area contributed by atoms with E-state index in [0.29, 0.717) is 11.4 Å². The first-order valence-corrected chi connectivity index (χ1v) is 14.0. The first kappa shape index (κ1) is 30.3. The number of carbonyl (C=O) groups is 4. The molecule has 2 spiro atoms. The van der Waals surface area contributed by atoms with Crippen molar-refractivity contribution in [2.45, 2.75) is 85.6 Å². The number of aryl methyl sites for hydroxylation is 3. The number of aromatic nitrogens is 2. The van der Waals surface area contributed by atoms with Gasteiger partial charge in [0.25, 0.3) is 0 Å². The van der Waals surface area contributed by atoms with Crippen LogP contribution in [0.2, 0.25) is 0 Å². The SMILES string of the molecule is CO[C@@H]1OC(=O)[C@H](OC(=O)c2nc(C)c(C)nc2C)C12[C@H](C(C)(C)C)CC1OC(=O)C3[C@H](C)C(=O)O[C@H](CO)[C@H](O)[C@]132. The fourth-order valence-electron chi connectivity index (χ4n) is 8.25. The number of esters is 4. The number of ether oxygens (including phenoxy) is 5. The Morgan fingerprint density at radius 3 is 2.21 bits per heavy atom. The predicted molar refractivity (Wildman–Crippen MR) is 140 cm³/mol. The highest BCUT2D eigenvalue weighted by atomic mass is 16.7. The van der Waals surface area contributed by atoms with Gasteiger partial charge in [-0.05, 0) is 38.5 Å². The van der Waals surface area contributed by atoms with Gasteiger partial charge in [0.15, 0.2) is 11.8 Å². The maximum absolute atomic E-state index is 13.8. The monoisotopic (exact) mass is 590 g/mol. The van der Waals surface area contributed by atoms with Crippen molar-refractivity contribution >= 4 is 23.9 Å². The summed E-state index contributed by atoms with van der Waals surface area (Å²) in [5.41, 5.74) is -2.99. The highest BCUT2D eigenvalue weighted by Crippen LogP contribution is 2.75. The lowest BCUT2D eigenvalue weighted by molar-refractivity contribution is -0.252. The van der Waals surface area contributed by atoms with E-state index < -0.39 is 95.2 Å². The molecule has 4 aliphatic rings. The molecular formula is C29H38N2O11. The Hall–Kier alpha value is -3.16. The van der Waals surface area contributed by atoms with E-state index in [0.717, 1.165) is 0 Å². The van der Waals surface area contributed by atoms with Crippen molar-refractivity contribution in [2.24, 2.45) is 34.0 Å². The topological polar surface area (TPSA) is 181 Å². The van der Waals surface area contributed by atoms with E-state index in [1.165, 1.54) is 14.0 Å². The zero-order chi connectivity index (χ0) is 31.1. The van der Waals surface area contributed by atoms with Gasteiger partial charge < -0.3 is 33.9 Å². The van der Waals surface area contributed by atoms with Gasteiger partial charge in [-0.1, -0.05) is 27.7 Å². The molecule has 5 rings (SSSR count). The summed E-state index contributed by atoms with van der Waals surface area (Å²) in [4.78, 5) is 63.1. The van der Waals surface area contributed by atoms with Gasteiger partial charge in [-0.25, -0.2) is 14.6 Å². The summed E-state index contributed by atoms with van der Waals surface area (Å²) in [6, 6.07) is 0. The van der Waals surface area contributed by atoms with Gasteiger partial charge >= 0.3 is 23.9 Å². The molecule has 3 aliphatic heterocycles. The maximum Gasteiger partial charge on any atom is 0.359 e. The molecule has 13 heteroatoms. The van der Waals surface area contributed by atoms with Crippen LogP contribution in [0.3, 0.4) is 0 Å². The average Bonchev–Trinajstić information content (AvgIpc) is 3.46. The smallest absolute Gasteiger partial charge is 0.359 e. The number of hydrogen-bond donors (Lipinski definition) is 2. The Labute approximate surface area is 243 Å². The maximum atomic E-state index is 13.8. The fraction of sp³-hybridized carbons (Fsp3) is 0.724. The van der Waals surface area contributed by atoms with E-state index in [4.69, 9.17) is 23.7 Å². The highest BCUT2D eigenvalue weighted by Gasteiger charge is 2.88. The number of nitrogens with zero attached hydrogens (tertiary/aromatic N) is 2. The summed E-state index contributed by atoms with van der Waals surface area (Å²) < 4.78 is 29.0. The van der Waals surface area contributed by atoms with Gasteiger partial charge in [0.05, 0.1) is 46.4 Å². The van der Waals surface area contributed by atoms with E-state index in [1.807, 2.05) is 20.8 Å². The van der Waals surface area contributed by atoms with E-state index >= 15 is 0 Å². The van der Waals surface area contributed by atoms with Crippen molar-refractivity contribution in [2.75, 3.05) is 13.7 Å². The van der Waals surface area contributed by atoms with Crippen LogP contribution in [0, 0.1) is 54.8 Å². The number of rotatable bonds is 4. The molecule has 4 heterocycles. The van der Waals surface area contributed by atoms with Crippen molar-refractivity contribution in [3.8, 4) is 0 Å². The van der Waals surface area contributed by atoms with Crippen molar-refractivity contribution < 1.29 is 53.1 Å². The second-order valence-corrected chi connectivity index (χ2v) is 12.9. The Bertz CT molecular complexity index is 1340. The van der Waals surface area contributed by atoms with E-state index in [-0.39, 0.29) is 17.8 Å². The van der Waals surface area contributed by atoms with Gasteiger partial charge in [0.2, 0.25) is 12.4 Å². The third kappa shape index (κ3) is 3.78. The normalized spacial score (nSPS) is 39.3. The molecule has 1 aromatic heterocycles. The van der Waals surface area contributed by atoms with Crippen molar-refractivity contribution in [3.63, 3.8) is 0 Å². The first-order valence-electron chi connectivity index (χ1n) is 14.0. The molecule has 0 amide bonds. The quantitative estimate of drug-likeness (QED) is 0.374. The molecule has 1 aliphatic carbocycles. The second-order valence-electron chi connectivity index (χ2n) is 12.9. The van der Waals surface area contributed by atoms with E-state index in [1.54, 1.807) is 20.8 Å². The molecule has 1 saturated carbocycles. The zero-order valence-electron chi connectivity index (χ0n) is 25.0. The summed E-state index contributed by atoms with van der Waals surface area (Å²) in [6.45, 7) is 11.4. The van der Waals surface area contributed by atoms with Crippen LogP contribution in [-0.4, -0.2) is 88.5 Å². The van der Waals surface area contributed by atoms with Crippen molar-refractivity contribution in [1.29, 1.82) is 0 Å². The van der Waals surface area contributed by atoms with Crippen LogP contribution in [0.5, 0.6) is 0 Å². The molecule has 13 nitrogen and oxygen atoms in total. The molecule has 42 heavy (non-hydrogen) atoms. The molecule has 2 N–H and O–H groups in total. The standard InChI is InChI=1S/C29H38N2O11/c1-11-18-23(35)40-17-9-16(27(5,6)7)28(29(17,18)20(33)15(10-32)39-22(11)34)21(25(37)42-26(28)38-8)41-24(36)19-14(4)30-12(2)13(3)31-19/h11,15-18,20-21,26,32-33H,9-10H2,1-8H3/t11-,15+,16-,17?,18?,20-,21-,26+,28?,29-/m0/s1. The summed E-state index contributed by atoms with van der Waals surface area (Å²) in [5.74, 6) is -6.64. The average molecular weight is 591 g/mol. The third-order valence-electron chi connectivity index (χ3n) is 9.92. The zero-order valence-corrected chi connectivity index (χ0v) is 25.0. The van der Waals surface area contributed by atoms with E-state index in [9.17, 15) is 29.4 Å². The highest BCUT2D eigenvalue weighted by molar-refractivity contribution is 5.92. The fourth-order valence-corrected chi connectivity index (χ4v) is 8.25. The minimum absolute atomic E-state index is 0.113. The lowest BCUT2D eigenvalue weighted by Crippen LogP contribution is -2.67. The minimum atomic E-state index is -1.82. The van der Waals surface area contributed by atoms with Crippen LogP contribution in [0.1, 0.15) is 61.7 Å². The van der Waals surface area contributed by atoms with Crippen LogP contribution >= 0.6 is 0 Å². The number of carbonyl (C=O) groups excluding carboxylic acids is 4. The summed E-state index contributed by atoms with van der Waals surface area (Å²) in [5, 5.41) is 22.4. The lowest BCUT2D eigenvalue weighted by Gasteiger charge is -2.54. The molecule has 3 saturated heterocycles. The molecule has 10 atom stereocenters. The predicted octanol–water partition coefficient (Wildman–Crippen LogP) is 0.952. The molecular weight excluding hydrogens is 552 g/mol. The molecule has 0 aromatic carbocycles. The van der Waals surface area contributed by atoms with Crippen LogP contribution in [-0.2, 0) is 38.1 Å². The van der Waals surface area contributed by atoms with Gasteiger partial charge in [-0.2, -0.15) is 0 Å². The number of cyclic esters (lactones) is 2. The molecule has 3 unspecified atom stereocenters. The Morgan fingerprint density at radius 1 is 0.976 bits per heavy atom. The third-order valence-corrected chi connectivity index (χ3v) is 9.92. The molecule has 0 radical (unpaired) electrons. The van der Waals surface area contributed by atoms with Gasteiger partial charge in [0.1, 0.15) is 12.2 Å². The molecule has 0 bridgehead atoms. The Kier molecular flexibility index (Phi) is 7.18. The Morgan fingerprint density at radius 2 is 1.62 bits per heavy atom. The number of aliphatic hydroxyl groups excluding tert-OH is 2. The van der Waals surface area contributed by atoms with Gasteiger partial charge in [-0.15, -0.1) is 0 Å². The summed E-state index contributed by atoms with van der Waals surface area (Å²) >= 11 is 0. The van der Waals surface area contributed by atoms with Gasteiger partial charge in [0, 0.05) is 7.11 Å². The van der Waals surface area contributed by atoms with Crippen molar-refractivity contribution in [1.82, 2.24) is 9.97 Å². The van der Waals surface area contributed by atoms with E-state index in [2.05, 4.69) is 9.97 Å². The number of methoxy groups -OCH3 is 1. The summed E-state index contributed by atoms with van der Waals surface area (Å²) in [7, 11) is 1.30. The van der Waals surface area contributed by atoms with Crippen LogP contribution in [0.25, 0.3) is 0 Å². The second kappa shape index (κ2) is 9.95. The Balaban J connectivity index is 1.80. The molecule has 4 fully saturated rings. The minimum Gasteiger partial charge on any atom is -0.461 e. The van der Waals surface area contributed by atoms with Crippen LogP contribution < -0.4 is 0 Å². The van der Waals surface area contributed by atoms with Crippen LogP contribution in [0.4, 0.5) is 0 Å². The van der Waals surface area contributed by atoms with Crippen LogP contribution in [0.15, 0.2) is 0 Å². The van der Waals surface area contributed by atoms with Gasteiger partial charge in [-0.3, -0.25) is 14.6 Å². The molecule has 1 aromatic rings. The molecule has 230 valence electrons. The number of aliphatic hydroxyl groups is 2. The summed E-state index contributed by atoms with van der Waals surface area (Å²) in [6.07, 6.45) is -7.31. The lowest BCUT2D eigenvalue weighted by atomic mass is 9.48. The first-order chi connectivity index (χ1) is 19.6. The van der Waals surface area contributed by atoms with Crippen molar-refractivity contribution in [3.05, 3.63) is 22.8 Å².